The molecule has 0 aromatic carbocycles. The van der Waals surface area contributed by atoms with Crippen LogP contribution in [0.2, 0.25) is 0 Å². The molecule has 1 fully saturated rings. The monoisotopic (exact) mass is 236 g/mol. The van der Waals surface area contributed by atoms with Gasteiger partial charge in [0.2, 0.25) is 0 Å². The largest absolute Gasteiger partial charge is 0.462 e. The van der Waals surface area contributed by atoms with Crippen LogP contribution in [0.4, 0.5) is 0 Å². The SMILES string of the molecule is CC(=O)OC1CC(C)(C)C=C(C)C12CCCC2. The number of ether oxygens (including phenoxy) is 1. The lowest BCUT2D eigenvalue weighted by atomic mass is 9.63. The second kappa shape index (κ2) is 4.15. The van der Waals surface area contributed by atoms with Crippen molar-refractivity contribution in [2.24, 2.45) is 10.8 Å². The first-order chi connectivity index (χ1) is 7.86. The summed E-state index contributed by atoms with van der Waals surface area (Å²) >= 11 is 0. The molecule has 0 N–H and O–H groups in total. The smallest absolute Gasteiger partial charge is 0.302 e. The molecule has 2 heteroatoms. The summed E-state index contributed by atoms with van der Waals surface area (Å²) in [6.45, 7) is 8.22. The van der Waals surface area contributed by atoms with Crippen LogP contribution in [0.5, 0.6) is 0 Å². The summed E-state index contributed by atoms with van der Waals surface area (Å²) in [6.07, 6.45) is 8.35. The van der Waals surface area contributed by atoms with Crippen molar-refractivity contribution in [3.8, 4) is 0 Å². The van der Waals surface area contributed by atoms with E-state index >= 15 is 0 Å². The van der Waals surface area contributed by atoms with Gasteiger partial charge in [0.1, 0.15) is 6.10 Å². The second-order valence-corrected chi connectivity index (χ2v) is 6.48. The molecule has 0 aromatic rings. The number of allylic oxidation sites excluding steroid dienone is 1. The summed E-state index contributed by atoms with van der Waals surface area (Å²) < 4.78 is 5.66. The lowest BCUT2D eigenvalue weighted by Crippen LogP contribution is -2.43. The first-order valence-corrected chi connectivity index (χ1v) is 6.73. The molecule has 0 amide bonds. The number of rotatable bonds is 1. The van der Waals surface area contributed by atoms with E-state index < -0.39 is 0 Å². The highest BCUT2D eigenvalue weighted by atomic mass is 16.5. The van der Waals surface area contributed by atoms with Crippen LogP contribution in [0, 0.1) is 10.8 Å². The fraction of sp³-hybridized carbons (Fsp3) is 0.800. The van der Waals surface area contributed by atoms with Gasteiger partial charge in [-0.15, -0.1) is 0 Å². The van der Waals surface area contributed by atoms with Crippen molar-refractivity contribution in [1.29, 1.82) is 0 Å². The maximum Gasteiger partial charge on any atom is 0.302 e. The van der Waals surface area contributed by atoms with Gasteiger partial charge in [0.25, 0.3) is 0 Å². The third-order valence-corrected chi connectivity index (χ3v) is 4.52. The molecule has 2 nitrogen and oxygen atoms in total. The van der Waals surface area contributed by atoms with Crippen molar-refractivity contribution in [3.05, 3.63) is 11.6 Å². The maximum atomic E-state index is 11.3. The van der Waals surface area contributed by atoms with Crippen LogP contribution in [0.15, 0.2) is 11.6 Å². The molecule has 17 heavy (non-hydrogen) atoms. The topological polar surface area (TPSA) is 26.3 Å². The molecule has 0 aliphatic heterocycles. The zero-order valence-corrected chi connectivity index (χ0v) is 11.5. The standard InChI is InChI=1S/C15H24O2/c1-11-9-14(3,4)10-13(17-12(2)16)15(11)7-5-6-8-15/h9,13H,5-8,10H2,1-4H3. The number of hydrogen-bond donors (Lipinski definition) is 0. The highest BCUT2D eigenvalue weighted by Crippen LogP contribution is 2.54. The Morgan fingerprint density at radius 3 is 2.47 bits per heavy atom. The van der Waals surface area contributed by atoms with Crippen LogP contribution in [0.3, 0.4) is 0 Å². The number of esters is 1. The minimum Gasteiger partial charge on any atom is -0.462 e. The Balaban J connectivity index is 2.34. The van der Waals surface area contributed by atoms with Crippen LogP contribution in [-0.4, -0.2) is 12.1 Å². The predicted molar refractivity (Wildman–Crippen MR) is 68.6 cm³/mol. The van der Waals surface area contributed by atoms with Crippen molar-refractivity contribution in [2.45, 2.75) is 65.9 Å². The highest BCUT2D eigenvalue weighted by Gasteiger charge is 2.49. The Morgan fingerprint density at radius 2 is 1.94 bits per heavy atom. The van der Waals surface area contributed by atoms with E-state index in [-0.39, 0.29) is 22.9 Å². The molecule has 1 saturated carbocycles. The van der Waals surface area contributed by atoms with Gasteiger partial charge in [-0.1, -0.05) is 38.3 Å². The molecule has 2 rings (SSSR count). The average molecular weight is 236 g/mol. The fourth-order valence-corrected chi connectivity index (χ4v) is 3.79. The fourth-order valence-electron chi connectivity index (χ4n) is 3.79. The Kier molecular flexibility index (Phi) is 3.09. The lowest BCUT2D eigenvalue weighted by Gasteiger charge is -2.46. The van der Waals surface area contributed by atoms with E-state index in [1.165, 1.54) is 38.2 Å². The van der Waals surface area contributed by atoms with Crippen LogP contribution in [0.1, 0.15) is 59.8 Å². The Bertz CT molecular complexity index is 346. The third kappa shape index (κ3) is 2.27. The summed E-state index contributed by atoms with van der Waals surface area (Å²) in [5.74, 6) is -0.133. The molecule has 1 unspecified atom stereocenters. The van der Waals surface area contributed by atoms with Crippen LogP contribution < -0.4 is 0 Å². The summed E-state index contributed by atoms with van der Waals surface area (Å²) in [5.41, 5.74) is 1.75. The van der Waals surface area contributed by atoms with Crippen LogP contribution in [-0.2, 0) is 9.53 Å². The minimum atomic E-state index is -0.133. The van der Waals surface area contributed by atoms with Gasteiger partial charge in [-0.2, -0.15) is 0 Å². The van der Waals surface area contributed by atoms with E-state index in [1.807, 2.05) is 0 Å². The van der Waals surface area contributed by atoms with Crippen molar-refractivity contribution in [3.63, 3.8) is 0 Å². The first-order valence-electron chi connectivity index (χ1n) is 6.73. The van der Waals surface area contributed by atoms with Gasteiger partial charge in [0, 0.05) is 12.3 Å². The predicted octanol–water partition coefficient (Wildman–Crippen LogP) is 3.85. The van der Waals surface area contributed by atoms with Crippen molar-refractivity contribution < 1.29 is 9.53 Å². The van der Waals surface area contributed by atoms with Gasteiger partial charge in [0.15, 0.2) is 0 Å². The molecule has 2 aliphatic rings. The van der Waals surface area contributed by atoms with E-state index in [2.05, 4.69) is 26.8 Å². The summed E-state index contributed by atoms with van der Waals surface area (Å²) in [5, 5.41) is 0. The van der Waals surface area contributed by atoms with Crippen molar-refractivity contribution >= 4 is 5.97 Å². The Labute approximate surface area is 104 Å². The summed E-state index contributed by atoms with van der Waals surface area (Å²) in [4.78, 5) is 11.3. The Hall–Kier alpha value is -0.790. The van der Waals surface area contributed by atoms with Gasteiger partial charge in [-0.25, -0.2) is 0 Å². The van der Waals surface area contributed by atoms with E-state index in [9.17, 15) is 4.79 Å². The normalized spacial score (nSPS) is 30.1. The quantitative estimate of drug-likeness (QED) is 0.510. The lowest BCUT2D eigenvalue weighted by molar-refractivity contribution is -0.154. The summed E-state index contributed by atoms with van der Waals surface area (Å²) in [7, 11) is 0. The zero-order valence-electron chi connectivity index (χ0n) is 11.5. The molecule has 0 bridgehead atoms. The molecular formula is C15H24O2. The molecule has 0 aromatic heterocycles. The van der Waals surface area contributed by atoms with E-state index in [0.717, 1.165) is 6.42 Å². The molecular weight excluding hydrogens is 212 g/mol. The molecule has 1 atom stereocenters. The Morgan fingerprint density at radius 1 is 1.35 bits per heavy atom. The first kappa shape index (κ1) is 12.7. The number of carbonyl (C=O) groups is 1. The zero-order chi connectivity index (χ0) is 12.7. The molecule has 0 radical (unpaired) electrons. The molecule has 0 saturated heterocycles. The maximum absolute atomic E-state index is 11.3. The van der Waals surface area contributed by atoms with E-state index in [4.69, 9.17) is 4.74 Å². The van der Waals surface area contributed by atoms with Gasteiger partial charge < -0.3 is 4.74 Å². The molecule has 2 aliphatic carbocycles. The average Bonchev–Trinajstić information content (AvgIpc) is 2.61. The molecule has 1 spiro atoms. The van der Waals surface area contributed by atoms with Gasteiger partial charge >= 0.3 is 5.97 Å². The van der Waals surface area contributed by atoms with Gasteiger partial charge in [-0.05, 0) is 31.6 Å². The van der Waals surface area contributed by atoms with Gasteiger partial charge in [-0.3, -0.25) is 4.79 Å². The molecule has 96 valence electrons. The van der Waals surface area contributed by atoms with Crippen LogP contribution >= 0.6 is 0 Å². The number of hydrogen-bond acceptors (Lipinski definition) is 2. The van der Waals surface area contributed by atoms with Crippen LogP contribution in [0.25, 0.3) is 0 Å². The van der Waals surface area contributed by atoms with Crippen molar-refractivity contribution in [1.82, 2.24) is 0 Å². The summed E-state index contributed by atoms with van der Waals surface area (Å²) in [6, 6.07) is 0. The molecule has 0 heterocycles. The number of carbonyl (C=O) groups excluding carboxylic acids is 1. The third-order valence-electron chi connectivity index (χ3n) is 4.52. The minimum absolute atomic E-state index is 0.0856. The van der Waals surface area contributed by atoms with Gasteiger partial charge in [0.05, 0.1) is 0 Å². The van der Waals surface area contributed by atoms with E-state index in [1.54, 1.807) is 0 Å². The second-order valence-electron chi connectivity index (χ2n) is 6.48. The van der Waals surface area contributed by atoms with E-state index in [0.29, 0.717) is 0 Å². The highest BCUT2D eigenvalue weighted by molar-refractivity contribution is 5.66. The van der Waals surface area contributed by atoms with Crippen molar-refractivity contribution in [2.75, 3.05) is 0 Å².